The molecule has 0 aliphatic carbocycles. The van der Waals surface area contributed by atoms with Gasteiger partial charge in [-0.05, 0) is 53.2 Å². The van der Waals surface area contributed by atoms with Gasteiger partial charge in [0.15, 0.2) is 0 Å². The monoisotopic (exact) mass is 323 g/mol. The van der Waals surface area contributed by atoms with Gasteiger partial charge in [-0.3, -0.25) is 4.90 Å². The fraction of sp³-hybridized carbons (Fsp3) is 0.500. The van der Waals surface area contributed by atoms with Crippen molar-refractivity contribution in [3.63, 3.8) is 0 Å². The third kappa shape index (κ3) is 4.14. The van der Waals surface area contributed by atoms with Crippen LogP contribution in [0.3, 0.4) is 0 Å². The number of likely N-dealkylation sites (tertiary alicyclic amines) is 1. The molecule has 0 amide bonds. The molecule has 3 nitrogen and oxygen atoms in total. The maximum atomic E-state index is 10.2. The molecule has 3 heterocycles. The summed E-state index contributed by atoms with van der Waals surface area (Å²) in [5.41, 5.74) is 1.39. The smallest absolute Gasteiger partial charge is 0.0900 e. The standard InChI is InChI=1S/C16H21NO2S2/c18-14(10-19-11-15-3-2-7-21-15)9-17-6-1-4-16(17)13-5-8-20-12-13/h2-3,5,7-8,12,14,16,18H,1,4,6,9-11H2/t14-,16-/m1/s1. The van der Waals surface area contributed by atoms with Crippen molar-refractivity contribution in [3.05, 3.63) is 44.8 Å². The average molecular weight is 323 g/mol. The van der Waals surface area contributed by atoms with Crippen LogP contribution in [0.15, 0.2) is 34.3 Å². The van der Waals surface area contributed by atoms with Crippen molar-refractivity contribution in [2.24, 2.45) is 0 Å². The Hall–Kier alpha value is -0.720. The highest BCUT2D eigenvalue weighted by atomic mass is 32.1. The molecule has 0 aromatic carbocycles. The van der Waals surface area contributed by atoms with Crippen LogP contribution in [0.4, 0.5) is 0 Å². The van der Waals surface area contributed by atoms with E-state index in [0.29, 0.717) is 25.8 Å². The lowest BCUT2D eigenvalue weighted by molar-refractivity contribution is 0.00850. The molecular formula is C16H21NO2S2. The van der Waals surface area contributed by atoms with Crippen LogP contribution in [-0.2, 0) is 11.3 Å². The zero-order chi connectivity index (χ0) is 14.5. The molecule has 21 heavy (non-hydrogen) atoms. The van der Waals surface area contributed by atoms with E-state index in [1.165, 1.54) is 23.3 Å². The molecular weight excluding hydrogens is 302 g/mol. The zero-order valence-corrected chi connectivity index (χ0v) is 13.6. The van der Waals surface area contributed by atoms with Gasteiger partial charge in [-0.2, -0.15) is 11.3 Å². The quantitative estimate of drug-likeness (QED) is 0.846. The molecule has 2 aromatic rings. The van der Waals surface area contributed by atoms with Crippen LogP contribution in [0.2, 0.25) is 0 Å². The number of nitrogens with zero attached hydrogens (tertiary/aromatic N) is 1. The molecule has 114 valence electrons. The minimum absolute atomic E-state index is 0.407. The van der Waals surface area contributed by atoms with Gasteiger partial charge in [0.05, 0.1) is 19.3 Å². The van der Waals surface area contributed by atoms with Gasteiger partial charge in [-0.25, -0.2) is 0 Å². The lowest BCUT2D eigenvalue weighted by Gasteiger charge is -2.26. The van der Waals surface area contributed by atoms with Crippen LogP contribution >= 0.6 is 22.7 Å². The fourth-order valence-corrected chi connectivity index (χ4v) is 4.25. The summed E-state index contributed by atoms with van der Waals surface area (Å²) in [4.78, 5) is 3.60. The van der Waals surface area contributed by atoms with Gasteiger partial charge in [0.25, 0.3) is 0 Å². The van der Waals surface area contributed by atoms with Crippen LogP contribution < -0.4 is 0 Å². The van der Waals surface area contributed by atoms with E-state index in [2.05, 4.69) is 27.8 Å². The number of ether oxygens (including phenoxy) is 1. The molecule has 1 aliphatic heterocycles. The third-order valence-electron chi connectivity index (χ3n) is 3.87. The first-order valence-electron chi connectivity index (χ1n) is 7.37. The van der Waals surface area contributed by atoms with Crippen molar-refractivity contribution in [1.29, 1.82) is 0 Å². The number of hydrogen-bond donors (Lipinski definition) is 1. The summed E-state index contributed by atoms with van der Waals surface area (Å²) in [6.45, 7) is 2.78. The molecule has 1 saturated heterocycles. The Labute approximate surface area is 133 Å². The number of thiophene rings is 2. The Morgan fingerprint density at radius 3 is 3.10 bits per heavy atom. The highest BCUT2D eigenvalue weighted by molar-refractivity contribution is 7.09. The predicted octanol–water partition coefficient (Wildman–Crippen LogP) is 3.52. The van der Waals surface area contributed by atoms with Crippen molar-refractivity contribution in [3.8, 4) is 0 Å². The molecule has 0 radical (unpaired) electrons. The second-order valence-corrected chi connectivity index (χ2v) is 7.27. The van der Waals surface area contributed by atoms with Crippen LogP contribution in [-0.4, -0.2) is 35.8 Å². The largest absolute Gasteiger partial charge is 0.389 e. The highest BCUT2D eigenvalue weighted by Crippen LogP contribution is 2.32. The van der Waals surface area contributed by atoms with Gasteiger partial charge in [0.1, 0.15) is 0 Å². The number of aliphatic hydroxyl groups excluding tert-OH is 1. The Balaban J connectivity index is 1.44. The number of rotatable bonds is 7. The SMILES string of the molecule is O[C@@H](COCc1cccs1)CN1CCC[C@@H]1c1ccsc1. The lowest BCUT2D eigenvalue weighted by atomic mass is 10.1. The molecule has 3 rings (SSSR count). The van der Waals surface area contributed by atoms with E-state index < -0.39 is 6.10 Å². The normalized spacial score (nSPS) is 20.9. The molecule has 0 unspecified atom stereocenters. The van der Waals surface area contributed by atoms with Gasteiger partial charge in [0.2, 0.25) is 0 Å². The van der Waals surface area contributed by atoms with E-state index in [-0.39, 0.29) is 0 Å². The minimum atomic E-state index is -0.413. The van der Waals surface area contributed by atoms with E-state index in [1.807, 2.05) is 11.4 Å². The second-order valence-electron chi connectivity index (χ2n) is 5.46. The molecule has 0 spiro atoms. The topological polar surface area (TPSA) is 32.7 Å². The summed E-state index contributed by atoms with van der Waals surface area (Å²) < 4.78 is 5.61. The molecule has 1 N–H and O–H groups in total. The zero-order valence-electron chi connectivity index (χ0n) is 12.0. The van der Waals surface area contributed by atoms with Crippen LogP contribution in [0.5, 0.6) is 0 Å². The number of hydrogen-bond acceptors (Lipinski definition) is 5. The molecule has 2 atom stereocenters. The third-order valence-corrected chi connectivity index (χ3v) is 5.42. The van der Waals surface area contributed by atoms with Gasteiger partial charge in [0, 0.05) is 17.5 Å². The van der Waals surface area contributed by atoms with Gasteiger partial charge < -0.3 is 9.84 Å². The summed E-state index contributed by atoms with van der Waals surface area (Å²) in [5, 5.41) is 16.6. The molecule has 1 aliphatic rings. The van der Waals surface area contributed by atoms with Crippen LogP contribution in [0.25, 0.3) is 0 Å². The van der Waals surface area contributed by atoms with Crippen molar-refractivity contribution in [1.82, 2.24) is 4.90 Å². The Bertz CT molecular complexity index is 512. The predicted molar refractivity (Wildman–Crippen MR) is 87.8 cm³/mol. The van der Waals surface area contributed by atoms with Crippen LogP contribution in [0, 0.1) is 0 Å². The summed E-state index contributed by atoms with van der Waals surface area (Å²) >= 11 is 3.44. The summed E-state index contributed by atoms with van der Waals surface area (Å²) in [6, 6.07) is 6.76. The van der Waals surface area contributed by atoms with Gasteiger partial charge in [-0.15, -0.1) is 11.3 Å². The maximum absolute atomic E-state index is 10.2. The van der Waals surface area contributed by atoms with E-state index >= 15 is 0 Å². The average Bonchev–Trinajstić information content (AvgIpc) is 3.20. The molecule has 0 saturated carbocycles. The minimum Gasteiger partial charge on any atom is -0.389 e. The second kappa shape index (κ2) is 7.51. The first-order valence-corrected chi connectivity index (χ1v) is 9.19. The molecule has 2 aromatic heterocycles. The van der Waals surface area contributed by atoms with E-state index in [1.54, 1.807) is 22.7 Å². The number of aliphatic hydroxyl groups is 1. The fourth-order valence-electron chi connectivity index (χ4n) is 2.90. The number of β-amino-alcohol motifs (C(OH)–C–C–N with tert-alkyl or cyclic N) is 1. The lowest BCUT2D eigenvalue weighted by Crippen LogP contribution is -2.34. The van der Waals surface area contributed by atoms with Crippen LogP contribution in [0.1, 0.15) is 29.3 Å². The van der Waals surface area contributed by atoms with E-state index in [0.717, 1.165) is 6.54 Å². The van der Waals surface area contributed by atoms with Crippen molar-refractivity contribution in [2.75, 3.05) is 19.7 Å². The molecule has 1 fully saturated rings. The summed E-state index contributed by atoms with van der Waals surface area (Å²) in [7, 11) is 0. The van der Waals surface area contributed by atoms with Gasteiger partial charge in [-0.1, -0.05) is 6.07 Å². The first-order chi connectivity index (χ1) is 10.3. The van der Waals surface area contributed by atoms with E-state index in [4.69, 9.17) is 4.74 Å². The molecule has 5 heteroatoms. The maximum Gasteiger partial charge on any atom is 0.0900 e. The Kier molecular flexibility index (Phi) is 5.43. The van der Waals surface area contributed by atoms with Crippen molar-refractivity contribution in [2.45, 2.75) is 31.6 Å². The van der Waals surface area contributed by atoms with Crippen molar-refractivity contribution < 1.29 is 9.84 Å². The van der Waals surface area contributed by atoms with Gasteiger partial charge >= 0.3 is 0 Å². The Morgan fingerprint density at radius 2 is 2.33 bits per heavy atom. The van der Waals surface area contributed by atoms with Crippen molar-refractivity contribution >= 4 is 22.7 Å². The Morgan fingerprint density at radius 1 is 1.38 bits per heavy atom. The van der Waals surface area contributed by atoms with E-state index in [9.17, 15) is 5.11 Å². The molecule has 0 bridgehead atoms. The summed E-state index contributed by atoms with van der Waals surface area (Å²) in [6.07, 6.45) is 1.99. The first kappa shape index (κ1) is 15.2. The summed E-state index contributed by atoms with van der Waals surface area (Å²) in [5.74, 6) is 0. The highest BCUT2D eigenvalue weighted by Gasteiger charge is 2.27.